The zero-order chi connectivity index (χ0) is 32.8. The highest BCUT2D eigenvalue weighted by Crippen LogP contribution is 2.25. The predicted molar refractivity (Wildman–Crippen MR) is 166 cm³/mol. The SMILES string of the molecule is C=CCc1cccc(CC(C)(NC(=O)OC(C)(C)C)C(=O)OCc2cc(C(=O)OC(C)(C)C)cc(N(C)S(C)(=O)=O)c2)c1. The van der Waals surface area contributed by atoms with E-state index < -0.39 is 44.8 Å². The molecule has 1 atom stereocenters. The van der Waals surface area contributed by atoms with Crippen LogP contribution in [0.25, 0.3) is 0 Å². The van der Waals surface area contributed by atoms with Crippen LogP contribution in [-0.4, -0.2) is 56.5 Å². The molecule has 10 nitrogen and oxygen atoms in total. The molecular weight excluding hydrogens is 572 g/mol. The Labute approximate surface area is 255 Å². The second-order valence-electron chi connectivity index (χ2n) is 12.6. The van der Waals surface area contributed by atoms with Gasteiger partial charge in [0.1, 0.15) is 23.3 Å². The molecule has 2 rings (SSSR count). The molecule has 1 amide bonds. The number of allylic oxidation sites excluding steroid dienone is 1. The number of esters is 2. The van der Waals surface area contributed by atoms with Crippen molar-refractivity contribution in [2.24, 2.45) is 0 Å². The van der Waals surface area contributed by atoms with Crippen LogP contribution in [0.15, 0.2) is 55.1 Å². The van der Waals surface area contributed by atoms with Crippen molar-refractivity contribution in [1.29, 1.82) is 0 Å². The van der Waals surface area contributed by atoms with Gasteiger partial charge in [0.25, 0.3) is 0 Å². The highest BCUT2D eigenvalue weighted by Gasteiger charge is 2.38. The third kappa shape index (κ3) is 11.4. The predicted octanol–water partition coefficient (Wildman–Crippen LogP) is 5.34. The molecule has 0 aliphatic rings. The molecule has 0 fully saturated rings. The molecule has 0 saturated heterocycles. The highest BCUT2D eigenvalue weighted by molar-refractivity contribution is 7.92. The number of carbonyl (C=O) groups excluding carboxylic acids is 3. The lowest BCUT2D eigenvalue weighted by atomic mass is 9.91. The minimum Gasteiger partial charge on any atom is -0.459 e. The van der Waals surface area contributed by atoms with E-state index in [9.17, 15) is 22.8 Å². The van der Waals surface area contributed by atoms with E-state index >= 15 is 0 Å². The van der Waals surface area contributed by atoms with Crippen LogP contribution in [0.3, 0.4) is 0 Å². The van der Waals surface area contributed by atoms with Gasteiger partial charge >= 0.3 is 18.0 Å². The largest absolute Gasteiger partial charge is 0.459 e. The lowest BCUT2D eigenvalue weighted by Gasteiger charge is -2.30. The lowest BCUT2D eigenvalue weighted by molar-refractivity contribution is -0.152. The number of sulfonamides is 1. The molecule has 2 aromatic rings. The van der Waals surface area contributed by atoms with Gasteiger partial charge in [-0.25, -0.2) is 22.8 Å². The summed E-state index contributed by atoms with van der Waals surface area (Å²) >= 11 is 0. The van der Waals surface area contributed by atoms with E-state index in [-0.39, 0.29) is 24.3 Å². The average Bonchev–Trinajstić information content (AvgIpc) is 2.84. The standard InChI is InChI=1S/C32H44N2O8S/c1-11-13-22-14-12-15-23(16-22)20-32(8,33-29(37)42-31(5,6)7)28(36)40-21-24-17-25(27(35)41-30(2,3)4)19-26(18-24)34(9)43(10,38)39/h11-12,14-19H,1,13,20-21H2,2-10H3,(H,33,37). The molecule has 0 radical (unpaired) electrons. The quantitative estimate of drug-likeness (QED) is 0.204. The van der Waals surface area contributed by atoms with Gasteiger partial charge in [-0.3, -0.25) is 4.31 Å². The molecule has 1 N–H and O–H groups in total. The van der Waals surface area contributed by atoms with Crippen molar-refractivity contribution in [2.75, 3.05) is 17.6 Å². The monoisotopic (exact) mass is 616 g/mol. The fourth-order valence-corrected chi connectivity index (χ4v) is 4.52. The van der Waals surface area contributed by atoms with Crippen LogP contribution in [0.4, 0.5) is 10.5 Å². The van der Waals surface area contributed by atoms with E-state index in [1.54, 1.807) is 54.5 Å². The molecular formula is C32H44N2O8S. The first-order valence-corrected chi connectivity index (χ1v) is 15.6. The van der Waals surface area contributed by atoms with Gasteiger partial charge in [-0.15, -0.1) is 6.58 Å². The van der Waals surface area contributed by atoms with Crippen molar-refractivity contribution in [3.8, 4) is 0 Å². The first-order chi connectivity index (χ1) is 19.6. The maximum atomic E-state index is 13.6. The Morgan fingerprint density at radius 1 is 0.907 bits per heavy atom. The molecule has 0 heterocycles. The summed E-state index contributed by atoms with van der Waals surface area (Å²) in [7, 11) is -2.32. The molecule has 0 saturated carbocycles. The summed E-state index contributed by atoms with van der Waals surface area (Å²) in [4.78, 5) is 39.3. The van der Waals surface area contributed by atoms with Crippen molar-refractivity contribution in [3.63, 3.8) is 0 Å². The van der Waals surface area contributed by atoms with E-state index in [2.05, 4.69) is 11.9 Å². The van der Waals surface area contributed by atoms with Crippen LogP contribution >= 0.6 is 0 Å². The van der Waals surface area contributed by atoms with E-state index in [4.69, 9.17) is 14.2 Å². The van der Waals surface area contributed by atoms with E-state index in [0.717, 1.165) is 21.7 Å². The Bertz CT molecular complexity index is 1450. The molecule has 0 bridgehead atoms. The van der Waals surface area contributed by atoms with Gasteiger partial charge in [-0.2, -0.15) is 0 Å². The van der Waals surface area contributed by atoms with Gasteiger partial charge in [0.15, 0.2) is 0 Å². The lowest BCUT2D eigenvalue weighted by Crippen LogP contribution is -2.55. The van der Waals surface area contributed by atoms with Crippen LogP contribution in [0.5, 0.6) is 0 Å². The van der Waals surface area contributed by atoms with Crippen LogP contribution < -0.4 is 9.62 Å². The Kier molecular flexibility index (Phi) is 11.2. The summed E-state index contributed by atoms with van der Waals surface area (Å²) < 4.78 is 42.1. The summed E-state index contributed by atoms with van der Waals surface area (Å²) in [5.74, 6) is -1.42. The number of carbonyl (C=O) groups is 3. The summed E-state index contributed by atoms with van der Waals surface area (Å²) in [5.41, 5.74) is -0.753. The topological polar surface area (TPSA) is 128 Å². The van der Waals surface area contributed by atoms with E-state index in [1.165, 1.54) is 25.2 Å². The smallest absolute Gasteiger partial charge is 0.408 e. The highest BCUT2D eigenvalue weighted by atomic mass is 32.2. The summed E-state index contributed by atoms with van der Waals surface area (Å²) in [5, 5.41) is 2.67. The van der Waals surface area contributed by atoms with Gasteiger partial charge < -0.3 is 19.5 Å². The number of nitrogens with one attached hydrogen (secondary N) is 1. The molecule has 0 spiro atoms. The Balaban J connectivity index is 2.44. The zero-order valence-corrected chi connectivity index (χ0v) is 27.4. The first-order valence-electron chi connectivity index (χ1n) is 13.8. The van der Waals surface area contributed by atoms with Crippen LogP contribution in [-0.2, 0) is 48.5 Å². The normalized spacial score (nSPS) is 13.3. The van der Waals surface area contributed by atoms with E-state index in [0.29, 0.717) is 12.0 Å². The Hall–Kier alpha value is -3.86. The molecule has 0 aliphatic heterocycles. The maximum Gasteiger partial charge on any atom is 0.408 e. The second-order valence-corrected chi connectivity index (χ2v) is 14.7. The van der Waals surface area contributed by atoms with Gasteiger partial charge in [-0.05, 0) is 89.8 Å². The van der Waals surface area contributed by atoms with Crippen molar-refractivity contribution in [3.05, 3.63) is 77.4 Å². The Morgan fingerprint density at radius 3 is 2.07 bits per heavy atom. The average molecular weight is 617 g/mol. The number of nitrogens with zero attached hydrogens (tertiary/aromatic N) is 1. The molecule has 2 aromatic carbocycles. The van der Waals surface area contributed by atoms with Crippen LogP contribution in [0, 0.1) is 0 Å². The number of anilines is 1. The fourth-order valence-electron chi connectivity index (χ4n) is 4.03. The van der Waals surface area contributed by atoms with Gasteiger partial charge in [0.05, 0.1) is 17.5 Å². The van der Waals surface area contributed by atoms with Crippen LogP contribution in [0.2, 0.25) is 0 Å². The number of hydrogen-bond donors (Lipinski definition) is 1. The zero-order valence-electron chi connectivity index (χ0n) is 26.6. The van der Waals surface area contributed by atoms with Crippen LogP contribution in [0.1, 0.15) is 75.5 Å². The van der Waals surface area contributed by atoms with Gasteiger partial charge in [0.2, 0.25) is 10.0 Å². The summed E-state index contributed by atoms with van der Waals surface area (Å²) in [6.45, 7) is 15.3. The number of alkyl carbamates (subject to hydrolysis) is 1. The first kappa shape index (κ1) is 35.3. The van der Waals surface area contributed by atoms with Crippen molar-refractivity contribution >= 4 is 33.7 Å². The van der Waals surface area contributed by atoms with Gasteiger partial charge in [0, 0.05) is 13.5 Å². The fraction of sp³-hybridized carbons (Fsp3) is 0.469. The van der Waals surface area contributed by atoms with Crippen molar-refractivity contribution in [1.82, 2.24) is 5.32 Å². The third-order valence-electron chi connectivity index (χ3n) is 6.00. The maximum absolute atomic E-state index is 13.6. The van der Waals surface area contributed by atoms with Crippen molar-refractivity contribution in [2.45, 2.75) is 84.7 Å². The number of rotatable bonds is 11. The molecule has 0 aromatic heterocycles. The third-order valence-corrected chi connectivity index (χ3v) is 7.21. The minimum absolute atomic E-state index is 0.0858. The molecule has 1 unspecified atom stereocenters. The Morgan fingerprint density at radius 2 is 1.51 bits per heavy atom. The number of benzene rings is 2. The minimum atomic E-state index is -3.67. The van der Waals surface area contributed by atoms with E-state index in [1.807, 2.05) is 24.3 Å². The number of hydrogen-bond acceptors (Lipinski definition) is 8. The second kappa shape index (κ2) is 13.6. The molecule has 236 valence electrons. The number of amides is 1. The molecule has 11 heteroatoms. The van der Waals surface area contributed by atoms with Crippen molar-refractivity contribution < 1.29 is 37.0 Å². The summed E-state index contributed by atoms with van der Waals surface area (Å²) in [6.07, 6.45) is 2.73. The summed E-state index contributed by atoms with van der Waals surface area (Å²) in [6, 6.07) is 11.9. The van der Waals surface area contributed by atoms with Gasteiger partial charge in [-0.1, -0.05) is 30.3 Å². The molecule has 0 aliphatic carbocycles. The number of ether oxygens (including phenoxy) is 3. The molecule has 43 heavy (non-hydrogen) atoms.